The van der Waals surface area contributed by atoms with E-state index in [2.05, 4.69) is 35.8 Å². The standard InChI is InChI=1S/C14H18N2S/c1-2-5-13(14-8-4-9-17-14)16-12-7-3-6-11(15)10-12/h3-4,6-10,13,16H,2,5,15H2,1H3. The highest BCUT2D eigenvalue weighted by atomic mass is 32.1. The highest BCUT2D eigenvalue weighted by molar-refractivity contribution is 7.10. The summed E-state index contributed by atoms with van der Waals surface area (Å²) in [6, 6.07) is 12.6. The van der Waals surface area contributed by atoms with Gasteiger partial charge in [-0.05, 0) is 36.1 Å². The fourth-order valence-electron chi connectivity index (χ4n) is 1.89. The third kappa shape index (κ3) is 3.24. The first-order valence-electron chi connectivity index (χ1n) is 5.95. The van der Waals surface area contributed by atoms with Crippen molar-refractivity contribution in [1.82, 2.24) is 0 Å². The minimum Gasteiger partial charge on any atom is -0.399 e. The van der Waals surface area contributed by atoms with E-state index in [0.717, 1.165) is 24.2 Å². The molecular weight excluding hydrogens is 228 g/mol. The van der Waals surface area contributed by atoms with Crippen LogP contribution >= 0.6 is 11.3 Å². The molecule has 17 heavy (non-hydrogen) atoms. The molecule has 90 valence electrons. The molecule has 0 spiro atoms. The summed E-state index contributed by atoms with van der Waals surface area (Å²) in [5.74, 6) is 0. The van der Waals surface area contributed by atoms with Crippen molar-refractivity contribution in [3.8, 4) is 0 Å². The van der Waals surface area contributed by atoms with Crippen LogP contribution in [0.25, 0.3) is 0 Å². The van der Waals surface area contributed by atoms with Crippen LogP contribution in [0.3, 0.4) is 0 Å². The molecule has 1 aromatic carbocycles. The van der Waals surface area contributed by atoms with Crippen molar-refractivity contribution in [2.24, 2.45) is 0 Å². The highest BCUT2D eigenvalue weighted by Crippen LogP contribution is 2.27. The first kappa shape index (κ1) is 12.0. The Morgan fingerprint density at radius 3 is 2.82 bits per heavy atom. The second-order valence-electron chi connectivity index (χ2n) is 4.13. The van der Waals surface area contributed by atoms with Crippen LogP contribution in [0.5, 0.6) is 0 Å². The molecule has 2 rings (SSSR count). The van der Waals surface area contributed by atoms with Gasteiger partial charge >= 0.3 is 0 Å². The van der Waals surface area contributed by atoms with Crippen molar-refractivity contribution in [2.45, 2.75) is 25.8 Å². The maximum atomic E-state index is 5.79. The van der Waals surface area contributed by atoms with Gasteiger partial charge in [-0.3, -0.25) is 0 Å². The molecule has 3 heteroatoms. The van der Waals surface area contributed by atoms with Crippen LogP contribution in [0.4, 0.5) is 11.4 Å². The Kier molecular flexibility index (Phi) is 4.04. The van der Waals surface area contributed by atoms with Crippen LogP contribution in [0.2, 0.25) is 0 Å². The van der Waals surface area contributed by atoms with Crippen molar-refractivity contribution >= 4 is 22.7 Å². The summed E-state index contributed by atoms with van der Waals surface area (Å²) in [5.41, 5.74) is 7.69. The summed E-state index contributed by atoms with van der Waals surface area (Å²) in [4.78, 5) is 1.38. The molecule has 0 radical (unpaired) electrons. The van der Waals surface area contributed by atoms with Gasteiger partial charge < -0.3 is 11.1 Å². The zero-order valence-corrected chi connectivity index (χ0v) is 10.8. The Morgan fingerprint density at radius 2 is 2.18 bits per heavy atom. The van der Waals surface area contributed by atoms with E-state index in [-0.39, 0.29) is 0 Å². The molecule has 0 saturated carbocycles. The number of nitrogen functional groups attached to an aromatic ring is 1. The fraction of sp³-hybridized carbons (Fsp3) is 0.286. The molecule has 1 aromatic heterocycles. The molecule has 0 aliphatic carbocycles. The first-order valence-corrected chi connectivity index (χ1v) is 6.83. The number of hydrogen-bond donors (Lipinski definition) is 2. The van der Waals surface area contributed by atoms with Gasteiger partial charge in [0.05, 0.1) is 6.04 Å². The lowest BCUT2D eigenvalue weighted by molar-refractivity contribution is 0.688. The molecule has 1 heterocycles. The van der Waals surface area contributed by atoms with Crippen molar-refractivity contribution < 1.29 is 0 Å². The molecule has 0 aliphatic heterocycles. The van der Waals surface area contributed by atoms with Crippen molar-refractivity contribution in [3.05, 3.63) is 46.7 Å². The number of nitrogens with one attached hydrogen (secondary N) is 1. The lowest BCUT2D eigenvalue weighted by Gasteiger charge is -2.18. The van der Waals surface area contributed by atoms with E-state index in [9.17, 15) is 0 Å². The van der Waals surface area contributed by atoms with Gasteiger partial charge in [-0.15, -0.1) is 11.3 Å². The smallest absolute Gasteiger partial charge is 0.0606 e. The highest BCUT2D eigenvalue weighted by Gasteiger charge is 2.11. The maximum Gasteiger partial charge on any atom is 0.0606 e. The van der Waals surface area contributed by atoms with Crippen LogP contribution in [0, 0.1) is 0 Å². The number of benzene rings is 1. The van der Waals surface area contributed by atoms with Gasteiger partial charge in [-0.2, -0.15) is 0 Å². The maximum absolute atomic E-state index is 5.79. The first-order chi connectivity index (χ1) is 8.29. The summed E-state index contributed by atoms with van der Waals surface area (Å²) in [6.45, 7) is 2.21. The molecule has 0 amide bonds. The minimum absolute atomic E-state index is 0.391. The Hall–Kier alpha value is -1.48. The fourth-order valence-corrected chi connectivity index (χ4v) is 2.71. The lowest BCUT2D eigenvalue weighted by Crippen LogP contribution is -2.09. The number of nitrogens with two attached hydrogens (primary N) is 1. The van der Waals surface area contributed by atoms with Crippen LogP contribution in [0.1, 0.15) is 30.7 Å². The summed E-state index contributed by atoms with van der Waals surface area (Å²) in [7, 11) is 0. The minimum atomic E-state index is 0.391. The molecule has 0 aliphatic rings. The van der Waals surface area contributed by atoms with Crippen molar-refractivity contribution in [2.75, 3.05) is 11.1 Å². The summed E-state index contributed by atoms with van der Waals surface area (Å²) in [6.07, 6.45) is 2.30. The Labute approximate surface area is 106 Å². The van der Waals surface area contributed by atoms with E-state index in [1.165, 1.54) is 4.88 Å². The van der Waals surface area contributed by atoms with E-state index in [0.29, 0.717) is 6.04 Å². The molecule has 3 N–H and O–H groups in total. The second kappa shape index (κ2) is 5.73. The van der Waals surface area contributed by atoms with E-state index < -0.39 is 0 Å². The molecule has 0 bridgehead atoms. The van der Waals surface area contributed by atoms with Crippen LogP contribution in [-0.4, -0.2) is 0 Å². The van der Waals surface area contributed by atoms with Gasteiger partial charge in [-0.1, -0.05) is 25.5 Å². The van der Waals surface area contributed by atoms with E-state index >= 15 is 0 Å². The van der Waals surface area contributed by atoms with Gasteiger partial charge in [0.1, 0.15) is 0 Å². The van der Waals surface area contributed by atoms with Crippen LogP contribution in [0.15, 0.2) is 41.8 Å². The van der Waals surface area contributed by atoms with Gasteiger partial charge in [0.15, 0.2) is 0 Å². The van der Waals surface area contributed by atoms with E-state index in [4.69, 9.17) is 5.73 Å². The van der Waals surface area contributed by atoms with Gasteiger partial charge in [0.25, 0.3) is 0 Å². The summed E-state index contributed by atoms with van der Waals surface area (Å²) < 4.78 is 0. The Morgan fingerprint density at radius 1 is 1.29 bits per heavy atom. The molecule has 2 aromatic rings. The van der Waals surface area contributed by atoms with Crippen LogP contribution < -0.4 is 11.1 Å². The molecule has 1 atom stereocenters. The van der Waals surface area contributed by atoms with Gasteiger partial charge in [0, 0.05) is 16.3 Å². The van der Waals surface area contributed by atoms with Crippen LogP contribution in [-0.2, 0) is 0 Å². The molecule has 0 fully saturated rings. The zero-order valence-electron chi connectivity index (χ0n) is 10.0. The van der Waals surface area contributed by atoms with E-state index in [1.54, 1.807) is 11.3 Å². The quantitative estimate of drug-likeness (QED) is 0.773. The monoisotopic (exact) mass is 246 g/mol. The average molecular weight is 246 g/mol. The molecule has 1 unspecified atom stereocenters. The predicted octanol–water partition coefficient (Wildman–Crippen LogP) is 4.28. The van der Waals surface area contributed by atoms with Crippen molar-refractivity contribution in [3.63, 3.8) is 0 Å². The third-order valence-corrected chi connectivity index (χ3v) is 3.68. The van der Waals surface area contributed by atoms with Gasteiger partial charge in [-0.25, -0.2) is 0 Å². The second-order valence-corrected chi connectivity index (χ2v) is 5.11. The summed E-state index contributed by atoms with van der Waals surface area (Å²) >= 11 is 1.80. The topological polar surface area (TPSA) is 38.0 Å². The number of thiophene rings is 1. The molecule has 0 saturated heterocycles. The lowest BCUT2D eigenvalue weighted by atomic mass is 10.1. The zero-order chi connectivity index (χ0) is 12.1. The Bertz CT molecular complexity index is 451. The number of hydrogen-bond acceptors (Lipinski definition) is 3. The van der Waals surface area contributed by atoms with Crippen molar-refractivity contribution in [1.29, 1.82) is 0 Å². The largest absolute Gasteiger partial charge is 0.399 e. The van der Waals surface area contributed by atoms with E-state index in [1.807, 2.05) is 18.2 Å². The molecular formula is C14H18N2S. The Balaban J connectivity index is 2.13. The molecule has 2 nitrogen and oxygen atoms in total. The summed E-state index contributed by atoms with van der Waals surface area (Å²) in [5, 5.41) is 5.68. The number of rotatable bonds is 5. The number of anilines is 2. The third-order valence-electron chi connectivity index (χ3n) is 2.69. The van der Waals surface area contributed by atoms with Gasteiger partial charge in [0.2, 0.25) is 0 Å². The predicted molar refractivity (Wildman–Crippen MR) is 76.4 cm³/mol. The average Bonchev–Trinajstić information content (AvgIpc) is 2.82. The SMILES string of the molecule is CCCC(Nc1cccc(N)c1)c1cccs1. The normalized spacial score (nSPS) is 12.3.